The molecule has 83 heavy (non-hydrogen) atoms. The summed E-state index contributed by atoms with van der Waals surface area (Å²) in [6.45, 7) is 2.20. The van der Waals surface area contributed by atoms with E-state index in [4.69, 9.17) is 4.74 Å². The van der Waals surface area contributed by atoms with E-state index >= 15 is 0 Å². The molecule has 0 aliphatic carbocycles. The van der Waals surface area contributed by atoms with Crippen LogP contribution in [0.2, 0.25) is 0 Å². The first-order chi connectivity index (χ1) is 41.1. The number of ether oxygens (including phenoxy) is 1. The molecule has 5 heterocycles. The van der Waals surface area contributed by atoms with Crippen LogP contribution in [0.3, 0.4) is 0 Å². The molecule has 12 aromatic carbocycles. The summed E-state index contributed by atoms with van der Waals surface area (Å²) in [5.74, 6) is 1.41. The van der Waals surface area contributed by atoms with Gasteiger partial charge in [-0.25, -0.2) is 0 Å². The molecule has 0 saturated carbocycles. The summed E-state index contributed by atoms with van der Waals surface area (Å²) in [5.41, 5.74) is 22.5. The quantitative estimate of drug-likeness (QED) is 0.147. The van der Waals surface area contributed by atoms with E-state index in [1.807, 2.05) is 23.2 Å². The van der Waals surface area contributed by atoms with Crippen LogP contribution < -0.4 is 46.2 Å². The number of fused-ring (bicyclic) bond motifs is 9. The van der Waals surface area contributed by atoms with Crippen LogP contribution in [0.4, 0.5) is 68.2 Å². The van der Waals surface area contributed by atoms with Gasteiger partial charge in [0.05, 0.1) is 33.8 Å². The lowest BCUT2D eigenvalue weighted by Gasteiger charge is -2.40. The van der Waals surface area contributed by atoms with Gasteiger partial charge in [-0.2, -0.15) is 23.2 Å². The molecular formula is C73H49B2N5OS2. The van der Waals surface area contributed by atoms with E-state index in [-0.39, 0.29) is 12.0 Å². The number of aromatic nitrogens is 1. The number of benzene rings is 12. The average molecular weight is 1100 g/mol. The van der Waals surface area contributed by atoms with Crippen LogP contribution in [0.5, 0.6) is 11.5 Å². The van der Waals surface area contributed by atoms with Crippen LogP contribution in [-0.2, 0) is 0 Å². The predicted octanol–water partition coefficient (Wildman–Crippen LogP) is 17.8. The first-order valence-corrected chi connectivity index (χ1v) is 30.0. The second kappa shape index (κ2) is 19.2. The Balaban J connectivity index is 0.956. The minimum atomic E-state index is -0.144. The molecule has 10 heteroatoms. The summed E-state index contributed by atoms with van der Waals surface area (Å²) in [6, 6.07) is 102. The van der Waals surface area contributed by atoms with Gasteiger partial charge >= 0.3 is 0 Å². The van der Waals surface area contributed by atoms with E-state index in [2.05, 4.69) is 310 Å². The molecule has 4 aliphatic rings. The van der Waals surface area contributed by atoms with Gasteiger partial charge in [0.1, 0.15) is 11.5 Å². The standard InChI is InChI=1S/C73H49B2N5OS2/c1-48-24-14-17-35-59(48)76(49-25-6-2-7-26-49)54-44-67-73-69(45-54)81-68-47-64-57(46-58(68)75(73)83-71-41-23-21-39-63(71)78(67)51-29-10-4-11-30-51)74-72-65(77(50-27-8-3-9-28-50)62-38-20-22-40-70(62)82-74)42-53(43-66(72)79(64)52-31-12-5-13-32-52)80-60-36-18-15-33-55(60)56-34-16-19-37-61(56)80/h2-47H,1H3. The Morgan fingerprint density at radius 3 is 1.40 bits per heavy atom. The topological polar surface area (TPSA) is 27.1 Å². The average Bonchev–Trinajstić information content (AvgIpc) is 3.86. The maximum absolute atomic E-state index is 7.72. The van der Waals surface area contributed by atoms with Crippen molar-refractivity contribution in [3.63, 3.8) is 0 Å². The van der Waals surface area contributed by atoms with E-state index in [1.165, 1.54) is 37.1 Å². The summed E-state index contributed by atoms with van der Waals surface area (Å²) in [4.78, 5) is 12.3. The van der Waals surface area contributed by atoms with Gasteiger partial charge < -0.3 is 28.9 Å². The van der Waals surface area contributed by atoms with Crippen LogP contribution in [-0.4, -0.2) is 16.5 Å². The molecule has 0 fully saturated rings. The highest BCUT2D eigenvalue weighted by Crippen LogP contribution is 2.54. The second-order valence-electron chi connectivity index (χ2n) is 21.6. The van der Waals surface area contributed by atoms with Crippen LogP contribution in [0, 0.1) is 6.92 Å². The molecule has 0 radical (unpaired) electrons. The highest BCUT2D eigenvalue weighted by atomic mass is 32.2. The molecule has 0 atom stereocenters. The summed E-state index contributed by atoms with van der Waals surface area (Å²) < 4.78 is 10.2. The first kappa shape index (κ1) is 48.0. The Hall–Kier alpha value is -9.73. The van der Waals surface area contributed by atoms with E-state index < -0.39 is 0 Å². The third-order valence-corrected chi connectivity index (χ3v) is 19.5. The second-order valence-corrected chi connectivity index (χ2v) is 23.9. The minimum Gasteiger partial charge on any atom is -0.458 e. The summed E-state index contributed by atoms with van der Waals surface area (Å²) in [6.07, 6.45) is 0. The van der Waals surface area contributed by atoms with Crippen LogP contribution in [0.25, 0.3) is 27.5 Å². The summed E-state index contributed by atoms with van der Waals surface area (Å²) >= 11 is 3.87. The summed E-state index contributed by atoms with van der Waals surface area (Å²) in [5, 5.41) is 2.45. The highest BCUT2D eigenvalue weighted by Gasteiger charge is 2.46. The predicted molar refractivity (Wildman–Crippen MR) is 353 cm³/mol. The number of anilines is 12. The fourth-order valence-electron chi connectivity index (χ4n) is 13.3. The van der Waals surface area contributed by atoms with Gasteiger partial charge in [0, 0.05) is 89.3 Å². The van der Waals surface area contributed by atoms with Crippen molar-refractivity contribution in [2.75, 3.05) is 19.6 Å². The van der Waals surface area contributed by atoms with Gasteiger partial charge in [-0.1, -0.05) is 158 Å². The van der Waals surface area contributed by atoms with E-state index in [0.717, 1.165) is 107 Å². The van der Waals surface area contributed by atoms with Gasteiger partial charge in [0.2, 0.25) is 0 Å². The Labute approximate surface area is 491 Å². The maximum atomic E-state index is 7.72. The molecule has 0 saturated heterocycles. The van der Waals surface area contributed by atoms with Crippen molar-refractivity contribution >= 4 is 147 Å². The monoisotopic (exact) mass is 1100 g/mol. The smallest absolute Gasteiger partial charge is 0.291 e. The first-order valence-electron chi connectivity index (χ1n) is 28.3. The lowest BCUT2D eigenvalue weighted by Crippen LogP contribution is -2.52. The van der Waals surface area contributed by atoms with Crippen LogP contribution >= 0.6 is 23.2 Å². The van der Waals surface area contributed by atoms with Crippen LogP contribution in [0.15, 0.2) is 289 Å². The maximum Gasteiger partial charge on any atom is 0.291 e. The lowest BCUT2D eigenvalue weighted by atomic mass is 9.53. The zero-order valence-corrected chi connectivity index (χ0v) is 46.8. The van der Waals surface area contributed by atoms with Gasteiger partial charge in [-0.3, -0.25) is 0 Å². The largest absolute Gasteiger partial charge is 0.458 e. The molecule has 13 aromatic rings. The van der Waals surface area contributed by atoms with Crippen molar-refractivity contribution in [2.24, 2.45) is 0 Å². The molecule has 0 amide bonds. The van der Waals surface area contributed by atoms with Crippen molar-refractivity contribution in [2.45, 2.75) is 16.7 Å². The summed E-state index contributed by atoms with van der Waals surface area (Å²) in [7, 11) is 0. The number of aryl methyl sites for hydroxylation is 1. The molecule has 1 aromatic heterocycles. The zero-order chi connectivity index (χ0) is 54.7. The van der Waals surface area contributed by atoms with Gasteiger partial charge in [0.25, 0.3) is 12.0 Å². The fourth-order valence-corrected chi connectivity index (χ4v) is 16.0. The Bertz CT molecular complexity index is 4680. The number of para-hydroxylation sites is 9. The number of rotatable bonds is 7. The SMILES string of the molecule is Cc1ccccc1N(c1ccccc1)c1cc2c3c(c1)N(c1ccccc1)c1ccccc1SB3c1cc3c(cc1O2)N(c1ccccc1)c1cc(-n2c4ccccc4c4ccccc42)cc2c1B3Sc1ccccc1N2c1ccccc1. The minimum absolute atomic E-state index is 0.122. The molecule has 6 nitrogen and oxygen atoms in total. The van der Waals surface area contributed by atoms with Crippen molar-refractivity contribution < 1.29 is 4.74 Å². The number of hydrogen-bond acceptors (Lipinski definition) is 7. The third-order valence-electron chi connectivity index (χ3n) is 16.9. The fraction of sp³-hybridized carbons (Fsp3) is 0.0137. The van der Waals surface area contributed by atoms with Crippen LogP contribution in [0.1, 0.15) is 5.56 Å². The Morgan fingerprint density at radius 2 is 0.819 bits per heavy atom. The van der Waals surface area contributed by atoms with E-state index in [9.17, 15) is 0 Å². The molecule has 390 valence electrons. The van der Waals surface area contributed by atoms with Gasteiger partial charge in [-0.15, -0.1) is 0 Å². The molecule has 0 N–H and O–H groups in total. The Morgan fingerprint density at radius 1 is 0.349 bits per heavy atom. The van der Waals surface area contributed by atoms with Crippen molar-refractivity contribution in [1.29, 1.82) is 0 Å². The molecule has 17 rings (SSSR count). The highest BCUT2D eigenvalue weighted by molar-refractivity contribution is 8.28. The normalized spacial score (nSPS) is 13.5. The molecular weight excluding hydrogens is 1050 g/mol. The van der Waals surface area contributed by atoms with Crippen molar-refractivity contribution in [3.8, 4) is 17.2 Å². The molecule has 4 aliphatic heterocycles. The lowest BCUT2D eigenvalue weighted by molar-refractivity contribution is 0.488. The van der Waals surface area contributed by atoms with E-state index in [1.54, 1.807) is 0 Å². The number of nitrogens with zero attached hydrogens (tertiary/aromatic N) is 5. The number of hydrogen-bond donors (Lipinski definition) is 0. The molecule has 0 spiro atoms. The van der Waals surface area contributed by atoms with Crippen molar-refractivity contribution in [3.05, 3.63) is 285 Å². The molecule has 0 bridgehead atoms. The van der Waals surface area contributed by atoms with Gasteiger partial charge in [0.15, 0.2) is 0 Å². The Kier molecular flexibility index (Phi) is 11.1. The third kappa shape index (κ3) is 7.56. The van der Waals surface area contributed by atoms with Gasteiger partial charge in [-0.05, 0) is 138 Å². The zero-order valence-electron chi connectivity index (χ0n) is 45.2. The molecule has 0 unspecified atom stereocenters. The van der Waals surface area contributed by atoms with E-state index in [0.29, 0.717) is 0 Å². The van der Waals surface area contributed by atoms with Crippen molar-refractivity contribution in [1.82, 2.24) is 4.57 Å².